The molecule has 1 aliphatic carbocycles. The summed E-state index contributed by atoms with van der Waals surface area (Å²) in [7, 11) is 0. The number of benzene rings is 2. The number of hydrogen-bond donors (Lipinski definition) is 2. The smallest absolute Gasteiger partial charge is 0.230 e. The van der Waals surface area contributed by atoms with Crippen molar-refractivity contribution in [3.63, 3.8) is 0 Å². The number of carbonyl (C=O) groups excluding carboxylic acids is 1. The zero-order valence-electron chi connectivity index (χ0n) is 13.9. The molecule has 1 heterocycles. The van der Waals surface area contributed by atoms with E-state index in [1.165, 1.54) is 0 Å². The molecule has 0 spiro atoms. The van der Waals surface area contributed by atoms with E-state index >= 15 is 0 Å². The summed E-state index contributed by atoms with van der Waals surface area (Å²) in [6.07, 6.45) is 3.58. The number of aryl methyl sites for hydroxylation is 1. The van der Waals surface area contributed by atoms with Gasteiger partial charge in [0, 0.05) is 17.4 Å². The van der Waals surface area contributed by atoms with E-state index in [1.54, 1.807) is 0 Å². The molecule has 0 bridgehead atoms. The monoisotopic (exact) mass is 397 g/mol. The molecule has 1 fully saturated rings. The first-order valence-electron chi connectivity index (χ1n) is 8.65. The number of fused-ring (bicyclic) bond motifs is 1. The van der Waals surface area contributed by atoms with E-state index in [-0.39, 0.29) is 11.3 Å². The number of rotatable bonds is 6. The Morgan fingerprint density at radius 1 is 1.16 bits per heavy atom. The van der Waals surface area contributed by atoms with Crippen LogP contribution in [0.3, 0.4) is 0 Å². The highest BCUT2D eigenvalue weighted by molar-refractivity contribution is 9.10. The summed E-state index contributed by atoms with van der Waals surface area (Å²) in [6.45, 7) is 0.675. The number of halogens is 1. The SMILES string of the molecule is O=C(NCCCc1nc2ccccc2[nH]1)C1(c2ccc(Br)cc2)CC1. The largest absolute Gasteiger partial charge is 0.355 e. The van der Waals surface area contributed by atoms with Gasteiger partial charge < -0.3 is 10.3 Å². The van der Waals surface area contributed by atoms with Crippen molar-refractivity contribution in [3.8, 4) is 0 Å². The fraction of sp³-hybridized carbons (Fsp3) is 0.300. The normalized spacial score (nSPS) is 15.2. The maximum atomic E-state index is 12.6. The fourth-order valence-corrected chi connectivity index (χ4v) is 3.56. The van der Waals surface area contributed by atoms with E-state index in [2.05, 4.69) is 31.2 Å². The van der Waals surface area contributed by atoms with Crippen molar-refractivity contribution >= 4 is 32.9 Å². The number of H-pyrrole nitrogens is 1. The summed E-state index contributed by atoms with van der Waals surface area (Å²) in [5.41, 5.74) is 2.87. The molecule has 1 saturated carbocycles. The molecule has 1 aliphatic rings. The molecule has 1 aromatic heterocycles. The standard InChI is InChI=1S/C20H20BrN3O/c21-15-9-7-14(8-10-15)20(11-12-20)19(25)22-13-3-6-18-23-16-4-1-2-5-17(16)24-18/h1-2,4-5,7-10H,3,6,11-13H2,(H,22,25)(H,23,24). The van der Waals surface area contributed by atoms with Crippen molar-refractivity contribution in [2.45, 2.75) is 31.1 Å². The molecule has 5 heteroatoms. The van der Waals surface area contributed by atoms with Gasteiger partial charge in [-0.3, -0.25) is 4.79 Å². The Kier molecular flexibility index (Phi) is 4.34. The number of hydrogen-bond acceptors (Lipinski definition) is 2. The van der Waals surface area contributed by atoms with Gasteiger partial charge in [0.25, 0.3) is 0 Å². The summed E-state index contributed by atoms with van der Waals surface area (Å²) in [5.74, 6) is 1.13. The second kappa shape index (κ2) is 6.64. The first kappa shape index (κ1) is 16.3. The fourth-order valence-electron chi connectivity index (χ4n) is 3.29. The molecule has 128 valence electrons. The summed E-state index contributed by atoms with van der Waals surface area (Å²) < 4.78 is 1.04. The molecule has 4 rings (SSSR count). The Hall–Kier alpha value is -2.14. The van der Waals surface area contributed by atoms with Gasteiger partial charge in [-0.2, -0.15) is 0 Å². The summed E-state index contributed by atoms with van der Waals surface area (Å²) in [4.78, 5) is 20.5. The van der Waals surface area contributed by atoms with Crippen molar-refractivity contribution in [1.82, 2.24) is 15.3 Å². The number of carbonyl (C=O) groups is 1. The van der Waals surface area contributed by atoms with Crippen LogP contribution in [0.1, 0.15) is 30.7 Å². The van der Waals surface area contributed by atoms with Gasteiger partial charge in [-0.25, -0.2) is 4.98 Å². The Morgan fingerprint density at radius 2 is 1.92 bits per heavy atom. The van der Waals surface area contributed by atoms with Crippen molar-refractivity contribution in [2.24, 2.45) is 0 Å². The third-order valence-corrected chi connectivity index (χ3v) is 5.42. The van der Waals surface area contributed by atoms with E-state index < -0.39 is 0 Å². The van der Waals surface area contributed by atoms with Gasteiger partial charge in [-0.1, -0.05) is 40.2 Å². The quantitative estimate of drug-likeness (QED) is 0.614. The molecule has 2 N–H and O–H groups in total. The maximum absolute atomic E-state index is 12.6. The van der Waals surface area contributed by atoms with Crippen LogP contribution in [0.25, 0.3) is 11.0 Å². The van der Waals surface area contributed by atoms with Crippen LogP contribution in [0.2, 0.25) is 0 Å². The average Bonchev–Trinajstić information content (AvgIpc) is 3.33. The predicted molar refractivity (Wildman–Crippen MR) is 102 cm³/mol. The third-order valence-electron chi connectivity index (χ3n) is 4.90. The molecular formula is C20H20BrN3O. The zero-order chi connectivity index (χ0) is 17.3. The summed E-state index contributed by atoms with van der Waals surface area (Å²) >= 11 is 3.45. The highest BCUT2D eigenvalue weighted by atomic mass is 79.9. The van der Waals surface area contributed by atoms with Crippen molar-refractivity contribution < 1.29 is 4.79 Å². The number of nitrogens with one attached hydrogen (secondary N) is 2. The van der Waals surface area contributed by atoms with Gasteiger partial charge in [-0.15, -0.1) is 0 Å². The van der Waals surface area contributed by atoms with Gasteiger partial charge in [0.1, 0.15) is 5.82 Å². The van der Waals surface area contributed by atoms with Gasteiger partial charge in [-0.05, 0) is 49.1 Å². The van der Waals surface area contributed by atoms with E-state index in [0.29, 0.717) is 6.54 Å². The number of nitrogens with zero attached hydrogens (tertiary/aromatic N) is 1. The summed E-state index contributed by atoms with van der Waals surface area (Å²) in [5, 5.41) is 3.11. The lowest BCUT2D eigenvalue weighted by Crippen LogP contribution is -2.35. The van der Waals surface area contributed by atoms with E-state index in [1.807, 2.05) is 48.5 Å². The molecule has 0 saturated heterocycles. The molecule has 0 atom stereocenters. The van der Waals surface area contributed by atoms with Gasteiger partial charge in [0.05, 0.1) is 16.4 Å². The van der Waals surface area contributed by atoms with E-state index in [4.69, 9.17) is 0 Å². The molecule has 3 aromatic rings. The van der Waals surface area contributed by atoms with Crippen LogP contribution in [-0.2, 0) is 16.6 Å². The molecule has 0 radical (unpaired) electrons. The second-order valence-electron chi connectivity index (χ2n) is 6.65. The van der Waals surface area contributed by atoms with Crippen molar-refractivity contribution in [3.05, 3.63) is 64.4 Å². The van der Waals surface area contributed by atoms with E-state index in [0.717, 1.165) is 52.6 Å². The lowest BCUT2D eigenvalue weighted by molar-refractivity contribution is -0.123. The minimum absolute atomic E-state index is 0.152. The topological polar surface area (TPSA) is 57.8 Å². The highest BCUT2D eigenvalue weighted by Gasteiger charge is 2.50. The first-order valence-corrected chi connectivity index (χ1v) is 9.45. The van der Waals surface area contributed by atoms with Gasteiger partial charge in [0.15, 0.2) is 0 Å². The molecule has 4 nitrogen and oxygen atoms in total. The number of imidazole rings is 1. The maximum Gasteiger partial charge on any atom is 0.230 e. The lowest BCUT2D eigenvalue weighted by atomic mass is 9.95. The van der Waals surface area contributed by atoms with Crippen LogP contribution in [-0.4, -0.2) is 22.4 Å². The van der Waals surface area contributed by atoms with Crippen molar-refractivity contribution in [1.29, 1.82) is 0 Å². The predicted octanol–water partition coefficient (Wildman–Crippen LogP) is 4.11. The average molecular weight is 398 g/mol. The number of aromatic nitrogens is 2. The van der Waals surface area contributed by atoms with Gasteiger partial charge >= 0.3 is 0 Å². The van der Waals surface area contributed by atoms with Crippen molar-refractivity contribution in [2.75, 3.05) is 6.54 Å². The Bertz CT molecular complexity index is 864. The Labute approximate surface area is 155 Å². The zero-order valence-corrected chi connectivity index (χ0v) is 15.5. The highest BCUT2D eigenvalue weighted by Crippen LogP contribution is 2.48. The molecule has 1 amide bonds. The minimum atomic E-state index is -0.305. The van der Waals surface area contributed by atoms with Crippen LogP contribution >= 0.6 is 15.9 Å². The number of para-hydroxylation sites is 2. The number of amides is 1. The van der Waals surface area contributed by atoms with Crippen LogP contribution < -0.4 is 5.32 Å². The lowest BCUT2D eigenvalue weighted by Gasteiger charge is -2.15. The van der Waals surface area contributed by atoms with Crippen LogP contribution in [0, 0.1) is 0 Å². The van der Waals surface area contributed by atoms with Crippen LogP contribution in [0.5, 0.6) is 0 Å². The van der Waals surface area contributed by atoms with Gasteiger partial charge in [0.2, 0.25) is 5.91 Å². The van der Waals surface area contributed by atoms with Crippen LogP contribution in [0.15, 0.2) is 53.0 Å². The molecular weight excluding hydrogens is 378 g/mol. The van der Waals surface area contributed by atoms with Crippen LogP contribution in [0.4, 0.5) is 0 Å². The molecule has 0 unspecified atom stereocenters. The third kappa shape index (κ3) is 3.33. The molecule has 2 aromatic carbocycles. The molecule has 0 aliphatic heterocycles. The minimum Gasteiger partial charge on any atom is -0.355 e. The molecule has 25 heavy (non-hydrogen) atoms. The summed E-state index contributed by atoms with van der Waals surface area (Å²) in [6, 6.07) is 16.1. The Balaban J connectivity index is 1.31. The number of aromatic amines is 1. The second-order valence-corrected chi connectivity index (χ2v) is 7.56. The van der Waals surface area contributed by atoms with E-state index in [9.17, 15) is 4.79 Å². The Morgan fingerprint density at radius 3 is 2.64 bits per heavy atom. The first-order chi connectivity index (χ1) is 12.2.